The van der Waals surface area contributed by atoms with Crippen molar-refractivity contribution in [2.45, 2.75) is 45.2 Å². The molecule has 5 heteroatoms. The minimum Gasteiger partial charge on any atom is -0.481 e. The normalized spacial score (nSPS) is 18.3. The molecule has 0 amide bonds. The van der Waals surface area contributed by atoms with Crippen molar-refractivity contribution in [3.8, 4) is 5.88 Å². The predicted molar refractivity (Wildman–Crippen MR) is 108 cm³/mol. The number of imidazole rings is 1. The SMILES string of the molecule is COc1ncccc1CN1CCC[C@H](c2nc3ccccc3n2C(C)C)C1. The molecule has 0 radical (unpaired) electrons. The topological polar surface area (TPSA) is 43.2 Å². The molecule has 0 aliphatic carbocycles. The number of benzene rings is 1. The van der Waals surface area contributed by atoms with Crippen molar-refractivity contribution < 1.29 is 4.74 Å². The lowest BCUT2D eigenvalue weighted by molar-refractivity contribution is 0.191. The van der Waals surface area contributed by atoms with Crippen molar-refractivity contribution in [1.29, 1.82) is 0 Å². The Morgan fingerprint density at radius 3 is 2.85 bits per heavy atom. The summed E-state index contributed by atoms with van der Waals surface area (Å²) in [6, 6.07) is 13.0. The summed E-state index contributed by atoms with van der Waals surface area (Å²) >= 11 is 0. The molecule has 1 aromatic carbocycles. The third-order valence-corrected chi connectivity index (χ3v) is 5.45. The number of ether oxygens (including phenoxy) is 1. The summed E-state index contributed by atoms with van der Waals surface area (Å²) in [5, 5.41) is 0. The van der Waals surface area contributed by atoms with E-state index in [4.69, 9.17) is 9.72 Å². The Labute approximate surface area is 161 Å². The van der Waals surface area contributed by atoms with Gasteiger partial charge in [-0.15, -0.1) is 0 Å². The minimum atomic E-state index is 0.404. The van der Waals surface area contributed by atoms with Crippen molar-refractivity contribution in [1.82, 2.24) is 19.4 Å². The van der Waals surface area contributed by atoms with Gasteiger partial charge in [-0.25, -0.2) is 9.97 Å². The lowest BCUT2D eigenvalue weighted by Gasteiger charge is -2.33. The highest BCUT2D eigenvalue weighted by Crippen LogP contribution is 2.32. The van der Waals surface area contributed by atoms with E-state index in [1.54, 1.807) is 13.3 Å². The van der Waals surface area contributed by atoms with Gasteiger partial charge in [0, 0.05) is 36.8 Å². The second-order valence-corrected chi connectivity index (χ2v) is 7.67. The van der Waals surface area contributed by atoms with Crippen LogP contribution in [0, 0.1) is 0 Å². The largest absolute Gasteiger partial charge is 0.481 e. The van der Waals surface area contributed by atoms with Gasteiger partial charge in [0.05, 0.1) is 18.1 Å². The number of rotatable bonds is 5. The molecule has 1 fully saturated rings. The Kier molecular flexibility index (Phi) is 5.12. The number of aromatic nitrogens is 3. The summed E-state index contributed by atoms with van der Waals surface area (Å²) in [5.41, 5.74) is 3.50. The van der Waals surface area contributed by atoms with Crippen LogP contribution in [0.25, 0.3) is 11.0 Å². The first-order chi connectivity index (χ1) is 13.2. The minimum absolute atomic E-state index is 0.404. The van der Waals surface area contributed by atoms with E-state index in [1.165, 1.54) is 24.2 Å². The first kappa shape index (κ1) is 18.0. The van der Waals surface area contributed by atoms with Crippen molar-refractivity contribution in [3.63, 3.8) is 0 Å². The van der Waals surface area contributed by atoms with Crippen LogP contribution >= 0.6 is 0 Å². The molecule has 142 valence electrons. The third-order valence-electron chi connectivity index (χ3n) is 5.45. The van der Waals surface area contributed by atoms with Gasteiger partial charge in [0.15, 0.2) is 0 Å². The lowest BCUT2D eigenvalue weighted by atomic mass is 9.96. The summed E-state index contributed by atoms with van der Waals surface area (Å²) < 4.78 is 7.86. The number of para-hydroxylation sites is 2. The van der Waals surface area contributed by atoms with Gasteiger partial charge in [-0.3, -0.25) is 4.90 Å². The molecule has 2 aromatic heterocycles. The van der Waals surface area contributed by atoms with Crippen LogP contribution < -0.4 is 4.74 Å². The average Bonchev–Trinajstić information content (AvgIpc) is 3.08. The lowest BCUT2D eigenvalue weighted by Crippen LogP contribution is -2.35. The number of hydrogen-bond donors (Lipinski definition) is 0. The zero-order chi connectivity index (χ0) is 18.8. The second kappa shape index (κ2) is 7.69. The van der Waals surface area contributed by atoms with Crippen LogP contribution in [0.5, 0.6) is 5.88 Å². The molecule has 1 aliphatic rings. The molecule has 4 rings (SSSR count). The number of nitrogens with zero attached hydrogens (tertiary/aromatic N) is 4. The molecule has 1 aliphatic heterocycles. The van der Waals surface area contributed by atoms with Gasteiger partial charge in [-0.05, 0) is 51.4 Å². The molecule has 0 N–H and O–H groups in total. The fraction of sp³-hybridized carbons (Fsp3) is 0.455. The molecule has 0 spiro atoms. The Bertz CT molecular complexity index is 918. The molecular formula is C22H28N4O. The molecule has 0 saturated carbocycles. The van der Waals surface area contributed by atoms with Gasteiger partial charge < -0.3 is 9.30 Å². The van der Waals surface area contributed by atoms with Gasteiger partial charge in [-0.2, -0.15) is 0 Å². The Hall–Kier alpha value is -2.40. The maximum absolute atomic E-state index is 5.43. The van der Waals surface area contributed by atoms with Crippen LogP contribution in [-0.4, -0.2) is 39.6 Å². The van der Waals surface area contributed by atoms with Crippen molar-refractivity contribution in [2.75, 3.05) is 20.2 Å². The summed E-state index contributed by atoms with van der Waals surface area (Å²) in [7, 11) is 1.69. The van der Waals surface area contributed by atoms with Gasteiger partial charge in [0.2, 0.25) is 5.88 Å². The Balaban J connectivity index is 1.60. The van der Waals surface area contributed by atoms with Crippen LogP contribution in [-0.2, 0) is 6.54 Å². The molecule has 1 atom stereocenters. The maximum atomic E-state index is 5.43. The van der Waals surface area contributed by atoms with E-state index < -0.39 is 0 Å². The summed E-state index contributed by atoms with van der Waals surface area (Å²) in [6.07, 6.45) is 4.16. The number of piperidine rings is 1. The summed E-state index contributed by atoms with van der Waals surface area (Å²) in [6.45, 7) is 7.50. The van der Waals surface area contributed by atoms with Crippen LogP contribution in [0.4, 0.5) is 0 Å². The van der Waals surface area contributed by atoms with E-state index in [2.05, 4.69) is 58.6 Å². The van der Waals surface area contributed by atoms with Gasteiger partial charge >= 0.3 is 0 Å². The van der Waals surface area contributed by atoms with Crippen molar-refractivity contribution in [3.05, 3.63) is 54.0 Å². The third kappa shape index (κ3) is 3.56. The van der Waals surface area contributed by atoms with Gasteiger partial charge in [0.1, 0.15) is 5.82 Å². The number of likely N-dealkylation sites (tertiary alicyclic amines) is 1. The Morgan fingerprint density at radius 1 is 1.19 bits per heavy atom. The molecule has 0 bridgehead atoms. The molecule has 0 unspecified atom stereocenters. The van der Waals surface area contributed by atoms with E-state index in [1.807, 2.05) is 6.07 Å². The van der Waals surface area contributed by atoms with E-state index in [0.29, 0.717) is 12.0 Å². The fourth-order valence-corrected chi connectivity index (χ4v) is 4.27. The molecule has 3 aromatic rings. The summed E-state index contributed by atoms with van der Waals surface area (Å²) in [5.74, 6) is 2.42. The standard InChI is InChI=1S/C22H28N4O/c1-16(2)26-20-11-5-4-10-19(20)24-21(26)17-9-7-13-25(14-17)15-18-8-6-12-23-22(18)27-3/h4-6,8,10-12,16-17H,7,9,13-15H2,1-3H3/t17-/m0/s1. The van der Waals surface area contributed by atoms with Crippen LogP contribution in [0.3, 0.4) is 0 Å². The van der Waals surface area contributed by atoms with Crippen LogP contribution in [0.2, 0.25) is 0 Å². The number of pyridine rings is 1. The smallest absolute Gasteiger partial charge is 0.217 e. The number of methoxy groups -OCH3 is 1. The highest BCUT2D eigenvalue weighted by Gasteiger charge is 2.27. The van der Waals surface area contributed by atoms with Crippen molar-refractivity contribution in [2.24, 2.45) is 0 Å². The maximum Gasteiger partial charge on any atom is 0.217 e. The first-order valence-electron chi connectivity index (χ1n) is 9.84. The van der Waals surface area contributed by atoms with E-state index in [0.717, 1.165) is 36.6 Å². The monoisotopic (exact) mass is 364 g/mol. The average molecular weight is 364 g/mol. The van der Waals surface area contributed by atoms with E-state index in [-0.39, 0.29) is 0 Å². The number of fused-ring (bicyclic) bond motifs is 1. The van der Waals surface area contributed by atoms with Crippen LogP contribution in [0.1, 0.15) is 50.0 Å². The molecule has 5 nitrogen and oxygen atoms in total. The zero-order valence-corrected chi connectivity index (χ0v) is 16.4. The van der Waals surface area contributed by atoms with E-state index in [9.17, 15) is 0 Å². The second-order valence-electron chi connectivity index (χ2n) is 7.67. The fourth-order valence-electron chi connectivity index (χ4n) is 4.27. The van der Waals surface area contributed by atoms with E-state index >= 15 is 0 Å². The molecule has 1 saturated heterocycles. The molecule has 27 heavy (non-hydrogen) atoms. The highest BCUT2D eigenvalue weighted by atomic mass is 16.5. The highest BCUT2D eigenvalue weighted by molar-refractivity contribution is 5.76. The number of hydrogen-bond acceptors (Lipinski definition) is 4. The van der Waals surface area contributed by atoms with Gasteiger partial charge in [0.25, 0.3) is 0 Å². The Morgan fingerprint density at radius 2 is 2.04 bits per heavy atom. The van der Waals surface area contributed by atoms with Crippen LogP contribution in [0.15, 0.2) is 42.6 Å². The van der Waals surface area contributed by atoms with Crippen molar-refractivity contribution >= 4 is 11.0 Å². The zero-order valence-electron chi connectivity index (χ0n) is 16.4. The molecule has 3 heterocycles. The first-order valence-corrected chi connectivity index (χ1v) is 9.84. The quantitative estimate of drug-likeness (QED) is 0.673. The predicted octanol–water partition coefficient (Wildman–Crippen LogP) is 4.40. The summed E-state index contributed by atoms with van der Waals surface area (Å²) in [4.78, 5) is 11.9. The van der Waals surface area contributed by atoms with Gasteiger partial charge in [-0.1, -0.05) is 18.2 Å². The molecular weight excluding hydrogens is 336 g/mol.